The third kappa shape index (κ3) is 41.9. The number of likely N-dealkylation sites (N-methyl/N-ethyl adjacent to an activating group) is 1. The Hall–Kier alpha value is -10.5. The van der Waals surface area contributed by atoms with Crippen LogP contribution in [0.3, 0.4) is 0 Å². The van der Waals surface area contributed by atoms with Gasteiger partial charge >= 0.3 is 11.9 Å². The van der Waals surface area contributed by atoms with Gasteiger partial charge < -0.3 is 108 Å². The molecule has 39 nitrogen and oxygen atoms in total. The summed E-state index contributed by atoms with van der Waals surface area (Å²) < 4.78 is 33.6. The number of carboxylic acid groups (broad SMARTS) is 2. The molecule has 6 atom stereocenters. The number of aliphatic hydroxyl groups is 1. The fourth-order valence-corrected chi connectivity index (χ4v) is 12.2. The van der Waals surface area contributed by atoms with Crippen molar-refractivity contribution in [3.63, 3.8) is 0 Å². The molecule has 1 aliphatic rings. The van der Waals surface area contributed by atoms with Crippen LogP contribution in [-0.2, 0) is 105 Å². The van der Waals surface area contributed by atoms with Crippen molar-refractivity contribution in [2.45, 2.75) is 170 Å². The molecule has 0 spiro atoms. The average Bonchev–Trinajstić information content (AvgIpc) is 0.867. The van der Waals surface area contributed by atoms with Crippen molar-refractivity contribution in [2.75, 3.05) is 130 Å². The van der Waals surface area contributed by atoms with Gasteiger partial charge in [-0.15, -0.1) is 0 Å². The highest BCUT2D eigenvalue weighted by Gasteiger charge is 2.39. The Labute approximate surface area is 705 Å². The molecule has 120 heavy (non-hydrogen) atoms. The van der Waals surface area contributed by atoms with Gasteiger partial charge in [0, 0.05) is 120 Å². The van der Waals surface area contributed by atoms with Gasteiger partial charge in [0.25, 0.3) is 11.5 Å². The molecule has 4 aromatic rings. The first kappa shape index (κ1) is 106. The number of nitrogens with one attached hydrogen (secondary N) is 8. The number of aliphatic carboxylic acids is 2. The van der Waals surface area contributed by atoms with E-state index in [0.717, 1.165) is 0 Å². The number of hydrogen-bond donors (Lipinski definition) is 14. The zero-order chi connectivity index (χ0) is 88.2. The van der Waals surface area contributed by atoms with Crippen molar-refractivity contribution < 1.29 is 106 Å². The SMILES string of the molecule is CC.CC.CC(=O)CC(CO)(COCCC(=O)NCCOCCOCCCC(=O)CC[C@H](NC(=O)c1ccc(NCc2cnc3nc(N)[nH]c(=O)c3n2)cc1)C(=O)O)COCCC(=O)NCCOCCOCCC(=O)NCc1ccc(C[C@H]2CC(=O)[C@H](CC(=O)O)NC(=O)CNC(=O)[C@H](CCCN=C(N)N)CC(=O)[C@H](C(C)C)N(C)C2=O)cc1.S. The number of anilines is 2. The molecule has 3 heterocycles. The number of aromatic nitrogens is 4. The summed E-state index contributed by atoms with van der Waals surface area (Å²) in [6.45, 7) is 13.8. The maximum atomic E-state index is 14.5. The maximum Gasteiger partial charge on any atom is 0.326 e. The lowest BCUT2D eigenvalue weighted by Crippen LogP contribution is -2.50. The average molecular weight is 1710 g/mol. The van der Waals surface area contributed by atoms with Gasteiger partial charge in [0.05, 0.1) is 123 Å². The van der Waals surface area contributed by atoms with Crippen LogP contribution in [0.15, 0.2) is 64.5 Å². The number of aliphatic imine (C=N–C) groups is 1. The number of aromatic amines is 1. The fourth-order valence-electron chi connectivity index (χ4n) is 12.2. The third-order valence-corrected chi connectivity index (χ3v) is 18.1. The number of aliphatic hydroxyl groups excluding tert-OH is 1. The first-order valence-corrected chi connectivity index (χ1v) is 40.0. The van der Waals surface area contributed by atoms with Crippen molar-refractivity contribution in [3.8, 4) is 0 Å². The molecule has 1 saturated heterocycles. The molecule has 2 aromatic heterocycles. The van der Waals surface area contributed by atoms with Gasteiger partial charge in [0.2, 0.25) is 41.4 Å². The minimum absolute atomic E-state index is 0. The van der Waals surface area contributed by atoms with Crippen molar-refractivity contribution in [3.05, 3.63) is 87.5 Å². The number of nitrogens with zero attached hydrogens (tertiary/aromatic N) is 5. The first-order chi connectivity index (χ1) is 56.9. The summed E-state index contributed by atoms with van der Waals surface area (Å²) in [4.78, 5) is 200. The second-order valence-electron chi connectivity index (χ2n) is 28.1. The lowest BCUT2D eigenvalue weighted by molar-refractivity contribution is -0.145. The number of fused-ring (bicyclic) bond motifs is 1. The molecule has 2 aromatic carbocycles. The number of nitrogens with two attached hydrogens (primary N) is 3. The first-order valence-electron chi connectivity index (χ1n) is 40.0. The van der Waals surface area contributed by atoms with Crippen molar-refractivity contribution in [1.29, 1.82) is 0 Å². The lowest BCUT2D eigenvalue weighted by atomic mass is 9.85. The molecule has 1 fully saturated rings. The van der Waals surface area contributed by atoms with Crippen LogP contribution in [-0.4, -0.2) is 260 Å². The minimum atomic E-state index is -1.54. The number of hydrogen-bond acceptors (Lipinski definition) is 27. The van der Waals surface area contributed by atoms with Crippen LogP contribution in [0, 0.1) is 23.2 Å². The Morgan fingerprint density at radius 3 is 1.82 bits per heavy atom. The highest BCUT2D eigenvalue weighted by Crippen LogP contribution is 2.27. The van der Waals surface area contributed by atoms with Gasteiger partial charge in [0.1, 0.15) is 17.6 Å². The van der Waals surface area contributed by atoms with E-state index in [4.69, 9.17) is 45.6 Å². The highest BCUT2D eigenvalue weighted by atomic mass is 32.1. The number of guanidine groups is 1. The number of nitrogen functional groups attached to an aromatic ring is 1. The zero-order valence-corrected chi connectivity index (χ0v) is 71.0. The van der Waals surface area contributed by atoms with E-state index in [0.29, 0.717) is 35.3 Å². The molecule has 0 bridgehead atoms. The number of rotatable bonds is 52. The molecule has 668 valence electrons. The monoisotopic (exact) mass is 1710 g/mol. The second-order valence-corrected chi connectivity index (χ2v) is 28.1. The Balaban J connectivity index is 0.00000961. The predicted molar refractivity (Wildman–Crippen MR) is 448 cm³/mol. The molecule has 5 rings (SSSR count). The second kappa shape index (κ2) is 59.2. The van der Waals surface area contributed by atoms with Crippen LogP contribution >= 0.6 is 13.5 Å². The Kier molecular flexibility index (Phi) is 52.1. The normalized spacial score (nSPS) is 15.8. The van der Waals surface area contributed by atoms with Gasteiger partial charge in [-0.05, 0) is 80.3 Å². The van der Waals surface area contributed by atoms with Gasteiger partial charge in [-0.25, -0.2) is 14.8 Å². The Morgan fingerprint density at radius 1 is 0.683 bits per heavy atom. The van der Waals surface area contributed by atoms with Crippen LogP contribution in [0.5, 0.6) is 0 Å². The summed E-state index contributed by atoms with van der Waals surface area (Å²) in [5, 5.41) is 48.4. The summed E-state index contributed by atoms with van der Waals surface area (Å²) in [5.74, 6) is -10.6. The molecule has 0 aliphatic carbocycles. The van der Waals surface area contributed by atoms with E-state index in [1.54, 1.807) is 50.2 Å². The van der Waals surface area contributed by atoms with Gasteiger partial charge in [-0.3, -0.25) is 67.5 Å². The molecular weight excluding hydrogens is 1590 g/mol. The van der Waals surface area contributed by atoms with E-state index in [9.17, 15) is 82.4 Å². The Morgan fingerprint density at radius 2 is 1.25 bits per heavy atom. The zero-order valence-electron chi connectivity index (χ0n) is 70.0. The van der Waals surface area contributed by atoms with E-state index in [2.05, 4.69) is 62.1 Å². The molecular formula is C80H124N16O23S. The molecule has 40 heteroatoms. The number of carbonyl (C=O) groups excluding carboxylic acids is 11. The van der Waals surface area contributed by atoms with Crippen molar-refractivity contribution in [1.82, 2.24) is 56.7 Å². The molecule has 1 aliphatic heterocycles. The summed E-state index contributed by atoms with van der Waals surface area (Å²) in [6, 6.07) is 9.24. The number of Topliss-reactive ketones (excluding diaryl/α,β-unsaturated/α-hetero) is 4. The molecule has 1 unspecified atom stereocenters. The summed E-state index contributed by atoms with van der Waals surface area (Å²) in [6.07, 6.45) is 0.535. The number of benzene rings is 2. The number of amides is 7. The van der Waals surface area contributed by atoms with E-state index in [1.165, 1.54) is 37.2 Å². The van der Waals surface area contributed by atoms with E-state index in [-0.39, 0.29) is 248 Å². The van der Waals surface area contributed by atoms with Crippen LogP contribution in [0.2, 0.25) is 0 Å². The largest absolute Gasteiger partial charge is 0.481 e. The predicted octanol–water partition coefficient (Wildman–Crippen LogP) is 1.48. The minimum Gasteiger partial charge on any atom is -0.481 e. The third-order valence-electron chi connectivity index (χ3n) is 18.1. The number of carbonyl (C=O) groups is 13. The van der Waals surface area contributed by atoms with Gasteiger partial charge in [0.15, 0.2) is 28.7 Å². The van der Waals surface area contributed by atoms with E-state index < -0.39 is 120 Å². The van der Waals surface area contributed by atoms with Crippen molar-refractivity contribution >= 4 is 119 Å². The maximum absolute atomic E-state index is 14.5. The van der Waals surface area contributed by atoms with E-state index >= 15 is 0 Å². The summed E-state index contributed by atoms with van der Waals surface area (Å²) in [7, 11) is 1.44. The van der Waals surface area contributed by atoms with Crippen LogP contribution in [0.1, 0.15) is 159 Å². The molecule has 0 radical (unpaired) electrons. The summed E-state index contributed by atoms with van der Waals surface area (Å²) in [5.41, 5.74) is 17.5. The van der Waals surface area contributed by atoms with Crippen LogP contribution < -0.4 is 60.0 Å². The highest BCUT2D eigenvalue weighted by molar-refractivity contribution is 7.59. The fraction of sp³-hybridized carbons (Fsp3) is 0.600. The quantitative estimate of drug-likeness (QED) is 0.0169. The van der Waals surface area contributed by atoms with Gasteiger partial charge in [-0.2, -0.15) is 18.5 Å². The number of H-pyrrole nitrogens is 1. The van der Waals surface area contributed by atoms with E-state index in [1.807, 2.05) is 27.7 Å². The van der Waals surface area contributed by atoms with Gasteiger partial charge in [-0.1, -0.05) is 65.8 Å². The molecule has 0 saturated carbocycles. The van der Waals surface area contributed by atoms with Crippen molar-refractivity contribution in [2.24, 2.45) is 39.6 Å². The van der Waals surface area contributed by atoms with Crippen LogP contribution in [0.4, 0.5) is 11.6 Å². The Bertz CT molecular complexity index is 3980. The standard InChI is InChI=1S/C76H110N16O23.2C2H6.H2S/c1-47(2)67-60(97)36-52(7-5-22-82-74(77)78)69(104)86-43-64(101)88-58(38-65(102)103)59(96)37-53(72(107)92(67)4)35-49-9-11-50(12-10-49)40-84-63(100)19-26-111-32-34-113-30-24-81-62(99)21-28-115-46-76(44-93,39-48(3)94)45-114-27-20-61(98)80-23-29-112-33-31-110-25-6-8-56(95)17-18-57(73(108)109)89-70(105)51-13-15-54(16-14-51)83-41-55-42-85-68-66(87-55)71(106)91-75(79)90-68;2*1-2;/h9-16,42,47,52-53,57-58,67,83,93H,5-8,17-41,43-46H2,1-4H3,(H,80,98)(H,81,99)(H,84,100)(H,86,104)(H,88,101)(H,89,105)(H,102,103)(H,108,109)(H4,77,78,82)(H3,79,85,90,91,106);2*1-2H3;1H2/t52-,53+,57+,58+,67+,76?;;;/m1.../s1. The number of ether oxygens (including phenoxy) is 6. The summed E-state index contributed by atoms with van der Waals surface area (Å²) >= 11 is 0. The molecule has 17 N–H and O–H groups in total. The number of carboxylic acids is 2. The molecule has 7 amide bonds. The number of ketones is 4. The smallest absolute Gasteiger partial charge is 0.326 e. The topological polar surface area (TPSA) is 587 Å². The lowest BCUT2D eigenvalue weighted by Gasteiger charge is -2.34. The van der Waals surface area contributed by atoms with Crippen LogP contribution in [0.25, 0.3) is 11.2 Å².